The topological polar surface area (TPSA) is 32.3 Å². The number of rotatable bonds is 4. The van der Waals surface area contributed by atoms with Crippen molar-refractivity contribution in [3.8, 4) is 0 Å². The molecular formula is C18H29NO. The van der Waals surface area contributed by atoms with Crippen molar-refractivity contribution >= 4 is 0 Å². The SMILES string of the molecule is CC(C)(C)C1CCC(CO)(NCc2ccccc2)CC1. The summed E-state index contributed by atoms with van der Waals surface area (Å²) >= 11 is 0. The van der Waals surface area contributed by atoms with E-state index in [2.05, 4.69) is 50.4 Å². The monoisotopic (exact) mass is 275 g/mol. The van der Waals surface area contributed by atoms with Crippen molar-refractivity contribution in [2.45, 2.75) is 58.5 Å². The van der Waals surface area contributed by atoms with Crippen LogP contribution in [0.1, 0.15) is 52.0 Å². The van der Waals surface area contributed by atoms with Gasteiger partial charge in [-0.05, 0) is 42.6 Å². The first-order valence-corrected chi connectivity index (χ1v) is 7.85. The van der Waals surface area contributed by atoms with E-state index in [0.29, 0.717) is 5.41 Å². The fourth-order valence-electron chi connectivity index (χ4n) is 3.31. The average molecular weight is 275 g/mol. The lowest BCUT2D eigenvalue weighted by molar-refractivity contribution is 0.0680. The summed E-state index contributed by atoms with van der Waals surface area (Å²) in [5.41, 5.74) is 1.61. The molecule has 1 saturated carbocycles. The Morgan fingerprint density at radius 3 is 2.25 bits per heavy atom. The molecule has 1 fully saturated rings. The molecule has 0 bridgehead atoms. The molecule has 1 aliphatic rings. The van der Waals surface area contributed by atoms with Crippen LogP contribution in [0.5, 0.6) is 0 Å². The summed E-state index contributed by atoms with van der Waals surface area (Å²) < 4.78 is 0. The second-order valence-electron chi connectivity index (χ2n) is 7.42. The Bertz CT molecular complexity index is 399. The minimum atomic E-state index is -0.0718. The van der Waals surface area contributed by atoms with Crippen molar-refractivity contribution in [2.75, 3.05) is 6.61 Å². The molecule has 0 amide bonds. The molecule has 112 valence electrons. The van der Waals surface area contributed by atoms with Crippen LogP contribution < -0.4 is 5.32 Å². The average Bonchev–Trinajstić information content (AvgIpc) is 2.46. The van der Waals surface area contributed by atoms with Crippen LogP contribution >= 0.6 is 0 Å². The van der Waals surface area contributed by atoms with Gasteiger partial charge in [0.05, 0.1) is 6.61 Å². The number of benzene rings is 1. The largest absolute Gasteiger partial charge is 0.394 e. The van der Waals surface area contributed by atoms with Gasteiger partial charge in [0.15, 0.2) is 0 Å². The molecule has 2 heteroatoms. The van der Waals surface area contributed by atoms with E-state index in [9.17, 15) is 5.11 Å². The van der Waals surface area contributed by atoms with E-state index in [-0.39, 0.29) is 12.1 Å². The molecule has 1 aromatic carbocycles. The third kappa shape index (κ3) is 3.83. The Morgan fingerprint density at radius 1 is 1.15 bits per heavy atom. The van der Waals surface area contributed by atoms with Crippen LogP contribution in [0.15, 0.2) is 30.3 Å². The lowest BCUT2D eigenvalue weighted by atomic mass is 9.67. The van der Waals surface area contributed by atoms with Gasteiger partial charge in [0.1, 0.15) is 0 Å². The highest BCUT2D eigenvalue weighted by Gasteiger charge is 2.37. The quantitative estimate of drug-likeness (QED) is 0.877. The number of aliphatic hydroxyl groups excluding tert-OH is 1. The van der Waals surface area contributed by atoms with Gasteiger partial charge < -0.3 is 10.4 Å². The van der Waals surface area contributed by atoms with Gasteiger partial charge in [-0.2, -0.15) is 0 Å². The zero-order chi connectivity index (χ0) is 14.6. The first-order chi connectivity index (χ1) is 9.45. The second-order valence-corrected chi connectivity index (χ2v) is 7.42. The summed E-state index contributed by atoms with van der Waals surface area (Å²) in [7, 11) is 0. The van der Waals surface area contributed by atoms with Gasteiger partial charge in [0, 0.05) is 12.1 Å². The molecule has 0 aromatic heterocycles. The van der Waals surface area contributed by atoms with Crippen LogP contribution in [0.4, 0.5) is 0 Å². The Balaban J connectivity index is 1.92. The lowest BCUT2D eigenvalue weighted by Gasteiger charge is -2.44. The van der Waals surface area contributed by atoms with Crippen molar-refractivity contribution < 1.29 is 5.11 Å². The van der Waals surface area contributed by atoms with E-state index < -0.39 is 0 Å². The third-order valence-corrected chi connectivity index (χ3v) is 4.98. The van der Waals surface area contributed by atoms with E-state index in [1.807, 2.05) is 6.07 Å². The molecule has 20 heavy (non-hydrogen) atoms. The summed E-state index contributed by atoms with van der Waals surface area (Å²) in [5.74, 6) is 0.778. The molecule has 0 spiro atoms. The lowest BCUT2D eigenvalue weighted by Crippen LogP contribution is -2.51. The van der Waals surface area contributed by atoms with E-state index in [1.54, 1.807) is 0 Å². The van der Waals surface area contributed by atoms with E-state index >= 15 is 0 Å². The molecular weight excluding hydrogens is 246 g/mol. The maximum Gasteiger partial charge on any atom is 0.0613 e. The predicted molar refractivity (Wildman–Crippen MR) is 84.5 cm³/mol. The van der Waals surface area contributed by atoms with Gasteiger partial charge >= 0.3 is 0 Å². The molecule has 2 N–H and O–H groups in total. The van der Waals surface area contributed by atoms with Crippen molar-refractivity contribution in [3.05, 3.63) is 35.9 Å². The Kier molecular flexibility index (Phi) is 4.87. The van der Waals surface area contributed by atoms with Crippen molar-refractivity contribution in [3.63, 3.8) is 0 Å². The minimum Gasteiger partial charge on any atom is -0.394 e. The zero-order valence-electron chi connectivity index (χ0n) is 13.2. The summed E-state index contributed by atoms with van der Waals surface area (Å²) in [4.78, 5) is 0. The van der Waals surface area contributed by atoms with E-state index in [4.69, 9.17) is 0 Å². The van der Waals surface area contributed by atoms with Crippen molar-refractivity contribution in [2.24, 2.45) is 11.3 Å². The summed E-state index contributed by atoms with van der Waals surface area (Å²) in [5, 5.41) is 13.5. The molecule has 0 unspecified atom stereocenters. The van der Waals surface area contributed by atoms with Crippen molar-refractivity contribution in [1.29, 1.82) is 0 Å². The van der Waals surface area contributed by atoms with Gasteiger partial charge in [0.25, 0.3) is 0 Å². The number of nitrogens with one attached hydrogen (secondary N) is 1. The third-order valence-electron chi connectivity index (χ3n) is 4.98. The molecule has 0 atom stereocenters. The standard InChI is InChI=1S/C18H29NO/c1-17(2,3)16-9-11-18(14-20,12-10-16)19-13-15-7-5-4-6-8-15/h4-8,16,19-20H,9-14H2,1-3H3. The summed E-state index contributed by atoms with van der Waals surface area (Å²) in [6.45, 7) is 8.10. The van der Waals surface area contributed by atoms with Crippen LogP contribution in [-0.4, -0.2) is 17.3 Å². The Morgan fingerprint density at radius 2 is 1.75 bits per heavy atom. The fraction of sp³-hybridized carbons (Fsp3) is 0.667. The second kappa shape index (κ2) is 6.28. The highest BCUT2D eigenvalue weighted by Crippen LogP contribution is 2.41. The molecule has 2 nitrogen and oxygen atoms in total. The minimum absolute atomic E-state index is 0.0718. The fourth-order valence-corrected chi connectivity index (χ4v) is 3.31. The molecule has 1 aliphatic carbocycles. The van der Waals surface area contributed by atoms with Crippen LogP contribution in [-0.2, 0) is 6.54 Å². The van der Waals surface area contributed by atoms with Crippen LogP contribution in [0.3, 0.4) is 0 Å². The van der Waals surface area contributed by atoms with Crippen LogP contribution in [0.2, 0.25) is 0 Å². The highest BCUT2D eigenvalue weighted by molar-refractivity contribution is 5.15. The van der Waals surface area contributed by atoms with Gasteiger partial charge in [-0.15, -0.1) is 0 Å². The van der Waals surface area contributed by atoms with Gasteiger partial charge in [0.2, 0.25) is 0 Å². The molecule has 2 rings (SSSR count). The smallest absolute Gasteiger partial charge is 0.0613 e. The van der Waals surface area contributed by atoms with Crippen LogP contribution in [0, 0.1) is 11.3 Å². The van der Waals surface area contributed by atoms with E-state index in [0.717, 1.165) is 25.3 Å². The van der Waals surface area contributed by atoms with Crippen LogP contribution in [0.25, 0.3) is 0 Å². The first kappa shape index (κ1) is 15.5. The highest BCUT2D eigenvalue weighted by atomic mass is 16.3. The molecule has 0 saturated heterocycles. The number of hydrogen-bond acceptors (Lipinski definition) is 2. The van der Waals surface area contributed by atoms with Gasteiger partial charge in [-0.25, -0.2) is 0 Å². The van der Waals surface area contributed by atoms with Gasteiger partial charge in [-0.1, -0.05) is 51.1 Å². The number of hydrogen-bond donors (Lipinski definition) is 2. The molecule has 0 radical (unpaired) electrons. The summed E-state index contributed by atoms with van der Waals surface area (Å²) in [6, 6.07) is 10.5. The van der Waals surface area contributed by atoms with E-state index in [1.165, 1.54) is 18.4 Å². The normalized spacial score (nSPS) is 27.5. The summed E-state index contributed by atoms with van der Waals surface area (Å²) in [6.07, 6.45) is 4.59. The predicted octanol–water partition coefficient (Wildman–Crippen LogP) is 3.74. The maximum atomic E-state index is 9.85. The Labute approximate surface area is 123 Å². The Hall–Kier alpha value is -0.860. The first-order valence-electron chi connectivity index (χ1n) is 7.85. The molecule has 0 heterocycles. The molecule has 1 aromatic rings. The maximum absolute atomic E-state index is 9.85. The zero-order valence-corrected chi connectivity index (χ0v) is 13.2. The number of aliphatic hydroxyl groups is 1. The van der Waals surface area contributed by atoms with Gasteiger partial charge in [-0.3, -0.25) is 0 Å². The molecule has 0 aliphatic heterocycles. The van der Waals surface area contributed by atoms with Crippen molar-refractivity contribution in [1.82, 2.24) is 5.32 Å².